The van der Waals surface area contributed by atoms with E-state index >= 15 is 0 Å². The predicted octanol–water partition coefficient (Wildman–Crippen LogP) is 2.07. The molecule has 0 aromatic heterocycles. The van der Waals surface area contributed by atoms with Gasteiger partial charge >= 0.3 is 0 Å². The van der Waals surface area contributed by atoms with Gasteiger partial charge < -0.3 is 15.0 Å². The van der Waals surface area contributed by atoms with Crippen molar-refractivity contribution in [2.45, 2.75) is 24.8 Å². The van der Waals surface area contributed by atoms with E-state index in [1.807, 2.05) is 24.3 Å². The number of quaternary nitrogens is 1. The summed E-state index contributed by atoms with van der Waals surface area (Å²) in [5, 5.41) is 21.9. The Morgan fingerprint density at radius 3 is 2.71 bits per heavy atom. The van der Waals surface area contributed by atoms with Gasteiger partial charge in [-0.25, -0.2) is 8.87 Å². The Bertz CT molecular complexity index is 822. The van der Waals surface area contributed by atoms with Crippen LogP contribution in [0.25, 0.3) is 0 Å². The van der Waals surface area contributed by atoms with Crippen LogP contribution >= 0.6 is 0 Å². The number of halogens is 1. The number of hydrogen-bond donors (Lipinski definition) is 1. The molecule has 5 heteroatoms. The van der Waals surface area contributed by atoms with Crippen LogP contribution in [-0.2, 0) is 6.42 Å². The number of amides is 1. The minimum absolute atomic E-state index is 0.0747. The van der Waals surface area contributed by atoms with Crippen LogP contribution in [0.2, 0.25) is 0 Å². The molecule has 2 aliphatic rings. The molecule has 4 rings (SSSR count). The average Bonchev–Trinajstić information content (AvgIpc) is 2.91. The number of rotatable bonds is 1. The topological polar surface area (TPSA) is 60.4 Å². The second-order valence-electron chi connectivity index (χ2n) is 6.72. The van der Waals surface area contributed by atoms with Crippen molar-refractivity contribution in [2.75, 3.05) is 13.3 Å². The van der Waals surface area contributed by atoms with Gasteiger partial charge in [-0.2, -0.15) is 0 Å². The first-order valence-corrected chi connectivity index (χ1v) is 8.12. The zero-order valence-electron chi connectivity index (χ0n) is 13.1. The first kappa shape index (κ1) is 15.3. The highest BCUT2D eigenvalue weighted by Crippen LogP contribution is 2.52. The average molecular weight is 327 g/mol. The summed E-state index contributed by atoms with van der Waals surface area (Å²) in [4.78, 5) is 11.9. The molecule has 1 aliphatic carbocycles. The van der Waals surface area contributed by atoms with Crippen LogP contribution in [0, 0.1) is 5.82 Å². The van der Waals surface area contributed by atoms with E-state index in [4.69, 9.17) is 0 Å². The molecule has 1 aliphatic heterocycles. The summed E-state index contributed by atoms with van der Waals surface area (Å²) in [5.41, 5.74) is 3.81. The van der Waals surface area contributed by atoms with Gasteiger partial charge in [-0.15, -0.1) is 0 Å². The molecule has 2 aromatic carbocycles. The number of carbonyl (C=O) groups is 1. The second-order valence-corrected chi connectivity index (χ2v) is 6.72. The Labute approximate surface area is 139 Å². The zero-order valence-corrected chi connectivity index (χ0v) is 13.1. The zero-order chi connectivity index (χ0) is 16.9. The van der Waals surface area contributed by atoms with Gasteiger partial charge in [0.1, 0.15) is 11.9 Å². The number of aliphatic hydroxyl groups is 1. The summed E-state index contributed by atoms with van der Waals surface area (Å²) in [6.07, 6.45) is -0.0525. The number of fused-ring (bicyclic) bond motifs is 5. The molecule has 1 N–H and O–H groups in total. The summed E-state index contributed by atoms with van der Waals surface area (Å²) >= 11 is 0. The highest BCUT2D eigenvalue weighted by molar-refractivity contribution is 5.57. The van der Waals surface area contributed by atoms with Crippen LogP contribution in [0.1, 0.15) is 40.6 Å². The molecule has 0 saturated carbocycles. The summed E-state index contributed by atoms with van der Waals surface area (Å²) in [5.74, 6) is -0.464. The summed E-state index contributed by atoms with van der Waals surface area (Å²) in [6.45, 7) is -0.278. The van der Waals surface area contributed by atoms with E-state index in [1.54, 1.807) is 6.07 Å². The molecule has 1 saturated heterocycles. The minimum atomic E-state index is -1.31. The number of aliphatic hydroxyl groups excluding tert-OH is 1. The SMILES string of the molecule is O=C([O-])[N+]1(CO)CC[C@@H]2c3ccccc3Cc3ccc(F)cc3[C@H]21. The fourth-order valence-electron chi connectivity index (χ4n) is 4.50. The van der Waals surface area contributed by atoms with Gasteiger partial charge in [0.15, 0.2) is 6.73 Å². The molecule has 24 heavy (non-hydrogen) atoms. The van der Waals surface area contributed by atoms with Crippen molar-refractivity contribution in [1.29, 1.82) is 0 Å². The van der Waals surface area contributed by atoms with E-state index in [0.717, 1.165) is 16.7 Å². The van der Waals surface area contributed by atoms with Crippen LogP contribution in [0.5, 0.6) is 0 Å². The Morgan fingerprint density at radius 2 is 1.96 bits per heavy atom. The third-order valence-corrected chi connectivity index (χ3v) is 5.63. The van der Waals surface area contributed by atoms with E-state index in [0.29, 0.717) is 18.4 Å². The summed E-state index contributed by atoms with van der Waals surface area (Å²) in [6, 6.07) is 12.0. The van der Waals surface area contributed by atoms with Gasteiger partial charge in [-0.3, -0.25) is 0 Å². The van der Waals surface area contributed by atoms with Gasteiger partial charge in [0, 0.05) is 17.9 Å². The highest BCUT2D eigenvalue weighted by atomic mass is 19.1. The molecular weight excluding hydrogens is 309 g/mol. The quantitative estimate of drug-likeness (QED) is 0.816. The second kappa shape index (κ2) is 5.40. The predicted molar refractivity (Wildman–Crippen MR) is 83.4 cm³/mol. The maximum Gasteiger partial charge on any atom is 0.259 e. The first-order chi connectivity index (χ1) is 11.6. The van der Waals surface area contributed by atoms with Crippen molar-refractivity contribution in [3.05, 3.63) is 70.5 Å². The van der Waals surface area contributed by atoms with Crippen molar-refractivity contribution in [3.8, 4) is 0 Å². The van der Waals surface area contributed by atoms with Crippen LogP contribution in [0.4, 0.5) is 9.18 Å². The lowest BCUT2D eigenvalue weighted by Crippen LogP contribution is -2.59. The first-order valence-electron chi connectivity index (χ1n) is 8.12. The third kappa shape index (κ3) is 2.01. The fourth-order valence-corrected chi connectivity index (χ4v) is 4.50. The van der Waals surface area contributed by atoms with Gasteiger partial charge in [-0.1, -0.05) is 30.3 Å². The van der Waals surface area contributed by atoms with Crippen LogP contribution < -0.4 is 5.11 Å². The Morgan fingerprint density at radius 1 is 1.21 bits per heavy atom. The Balaban J connectivity index is 2.00. The van der Waals surface area contributed by atoms with Crippen molar-refractivity contribution in [2.24, 2.45) is 0 Å². The number of benzene rings is 2. The smallest absolute Gasteiger partial charge is 0.259 e. The normalized spacial score (nSPS) is 27.8. The van der Waals surface area contributed by atoms with Crippen molar-refractivity contribution in [3.63, 3.8) is 0 Å². The fraction of sp³-hybridized carbons (Fsp3) is 0.316. The minimum Gasteiger partial charge on any atom is -0.498 e. The molecule has 3 atom stereocenters. The number of nitrogens with zero attached hydrogens (tertiary/aromatic N) is 1. The number of carboxylic acid groups (broad SMARTS) is 1. The van der Waals surface area contributed by atoms with E-state index in [2.05, 4.69) is 0 Å². The van der Waals surface area contributed by atoms with Crippen molar-refractivity contribution >= 4 is 6.09 Å². The van der Waals surface area contributed by atoms with Crippen molar-refractivity contribution in [1.82, 2.24) is 0 Å². The van der Waals surface area contributed by atoms with Gasteiger partial charge in [0.25, 0.3) is 6.09 Å². The lowest BCUT2D eigenvalue weighted by atomic mass is 9.87. The Hall–Kier alpha value is -2.24. The van der Waals surface area contributed by atoms with Gasteiger partial charge in [0.05, 0.1) is 6.54 Å². The highest BCUT2D eigenvalue weighted by Gasteiger charge is 2.53. The van der Waals surface area contributed by atoms with Crippen LogP contribution in [0.3, 0.4) is 0 Å². The lowest BCUT2D eigenvalue weighted by molar-refractivity contribution is -0.911. The molecule has 4 nitrogen and oxygen atoms in total. The van der Waals surface area contributed by atoms with E-state index < -0.39 is 23.3 Å². The standard InChI is InChI=1S/C19H18FNO3/c20-14-6-5-13-9-12-3-1-2-4-15(12)16-7-8-21(11-22,19(23)24)18(16)17(13)10-14/h1-6,10,16,18,22H,7-9,11H2/t16-,18+,21?/m1/s1. The van der Waals surface area contributed by atoms with Crippen LogP contribution in [0.15, 0.2) is 42.5 Å². The molecule has 1 amide bonds. The van der Waals surface area contributed by atoms with E-state index in [1.165, 1.54) is 12.1 Å². The van der Waals surface area contributed by atoms with Gasteiger partial charge in [-0.05, 0) is 35.2 Å². The molecule has 0 bridgehead atoms. The van der Waals surface area contributed by atoms with E-state index in [9.17, 15) is 19.4 Å². The summed E-state index contributed by atoms with van der Waals surface area (Å²) < 4.78 is 13.4. The number of likely N-dealkylation sites (tertiary alicyclic amines) is 1. The molecule has 1 fully saturated rings. The maximum atomic E-state index is 13.9. The number of hydrogen-bond acceptors (Lipinski definition) is 3. The molecule has 124 valence electrons. The molecule has 1 heterocycles. The Kier molecular flexibility index (Phi) is 3.44. The molecule has 2 aromatic rings. The lowest BCUT2D eigenvalue weighted by Gasteiger charge is -2.39. The largest absolute Gasteiger partial charge is 0.498 e. The van der Waals surface area contributed by atoms with Crippen molar-refractivity contribution < 1.29 is 23.9 Å². The molecule has 0 radical (unpaired) electrons. The molecule has 0 spiro atoms. The number of carbonyl (C=O) groups excluding carboxylic acids is 1. The molecular formula is C19H18FNO3. The molecule has 1 unspecified atom stereocenters. The van der Waals surface area contributed by atoms with Gasteiger partial charge in [0.2, 0.25) is 0 Å². The maximum absolute atomic E-state index is 13.9. The summed E-state index contributed by atoms with van der Waals surface area (Å²) in [7, 11) is 0. The third-order valence-electron chi connectivity index (χ3n) is 5.63. The van der Waals surface area contributed by atoms with E-state index in [-0.39, 0.29) is 18.3 Å². The monoisotopic (exact) mass is 327 g/mol. The van der Waals surface area contributed by atoms with Crippen LogP contribution in [-0.4, -0.2) is 29.0 Å².